The van der Waals surface area contributed by atoms with Crippen LogP contribution in [0.4, 0.5) is 4.39 Å². The Morgan fingerprint density at radius 3 is 2.37 bits per heavy atom. The number of hydrogen-bond donors (Lipinski definition) is 1. The van der Waals surface area contributed by atoms with Gasteiger partial charge in [0.1, 0.15) is 16.5 Å². The van der Waals surface area contributed by atoms with E-state index in [1.807, 2.05) is 26.0 Å². The Morgan fingerprint density at radius 1 is 1.32 bits per heavy atom. The van der Waals surface area contributed by atoms with Gasteiger partial charge in [-0.25, -0.2) is 4.39 Å². The average Bonchev–Trinajstić information content (AvgIpc) is 2.68. The number of hydrogen-bond acceptors (Lipinski definition) is 3. The summed E-state index contributed by atoms with van der Waals surface area (Å²) in [5.41, 5.74) is 8.81. The first-order valence-electron chi connectivity index (χ1n) is 5.74. The molecule has 2 rings (SSSR count). The topological polar surface area (TPSA) is 47.1 Å². The Hall–Kier alpha value is -1.95. The highest BCUT2D eigenvalue weighted by molar-refractivity contribution is 7.80. The van der Waals surface area contributed by atoms with E-state index in [1.54, 1.807) is 16.9 Å². The van der Waals surface area contributed by atoms with Crippen molar-refractivity contribution >= 4 is 17.2 Å². The van der Waals surface area contributed by atoms with Gasteiger partial charge >= 0.3 is 0 Å². The predicted molar refractivity (Wildman–Crippen MR) is 78.3 cm³/mol. The van der Waals surface area contributed by atoms with Crippen molar-refractivity contribution in [2.75, 3.05) is 19.1 Å². The van der Waals surface area contributed by atoms with Gasteiger partial charge in [0.15, 0.2) is 0 Å². The van der Waals surface area contributed by atoms with Gasteiger partial charge in [0.2, 0.25) is 0 Å². The average molecular weight is 278 g/mol. The highest BCUT2D eigenvalue weighted by Gasteiger charge is 2.19. The highest BCUT2D eigenvalue weighted by Crippen LogP contribution is 2.25. The van der Waals surface area contributed by atoms with E-state index in [4.69, 9.17) is 18.0 Å². The molecule has 0 radical (unpaired) electrons. The maximum absolute atomic E-state index is 13.0. The lowest BCUT2D eigenvalue weighted by Gasteiger charge is -2.14. The van der Waals surface area contributed by atoms with E-state index in [-0.39, 0.29) is 10.8 Å². The van der Waals surface area contributed by atoms with E-state index in [0.717, 1.165) is 16.8 Å². The zero-order valence-corrected chi connectivity index (χ0v) is 11.8. The predicted octanol–water partition coefficient (Wildman–Crippen LogP) is 1.83. The fraction of sp³-hybridized carbons (Fsp3) is 0.231. The summed E-state index contributed by atoms with van der Waals surface area (Å²) in [5, 5.41) is 6.31. The van der Waals surface area contributed by atoms with E-state index in [0.29, 0.717) is 5.69 Å². The molecule has 1 aromatic heterocycles. The summed E-state index contributed by atoms with van der Waals surface area (Å²) in [6, 6.07) is 6.11. The van der Waals surface area contributed by atoms with Crippen LogP contribution in [0.2, 0.25) is 0 Å². The van der Waals surface area contributed by atoms with Gasteiger partial charge in [0.05, 0.1) is 11.3 Å². The summed E-state index contributed by atoms with van der Waals surface area (Å²) in [6.07, 6.45) is 0. The van der Waals surface area contributed by atoms with Crippen molar-refractivity contribution in [1.82, 2.24) is 9.89 Å². The van der Waals surface area contributed by atoms with Gasteiger partial charge < -0.3 is 10.7 Å². The van der Waals surface area contributed by atoms with E-state index < -0.39 is 0 Å². The molecule has 0 saturated heterocycles. The second-order valence-corrected chi connectivity index (χ2v) is 4.86. The van der Waals surface area contributed by atoms with Crippen LogP contribution in [0.3, 0.4) is 0 Å². The van der Waals surface area contributed by atoms with Crippen molar-refractivity contribution in [1.29, 1.82) is 0 Å². The largest absolute Gasteiger partial charge is 0.389 e. The van der Waals surface area contributed by atoms with Crippen molar-refractivity contribution < 1.29 is 4.39 Å². The Labute approximate surface area is 116 Å². The first kappa shape index (κ1) is 13.5. The molecule has 4 nitrogen and oxygen atoms in total. The zero-order chi connectivity index (χ0) is 14.2. The molecule has 0 aliphatic carbocycles. The van der Waals surface area contributed by atoms with Gasteiger partial charge in [0, 0.05) is 19.7 Å². The molecule has 2 aromatic rings. The molecular formula is C13H15FN4S. The van der Waals surface area contributed by atoms with Crippen LogP contribution in [-0.4, -0.2) is 29.0 Å². The second-order valence-electron chi connectivity index (χ2n) is 4.42. The minimum Gasteiger partial charge on any atom is -0.389 e. The maximum Gasteiger partial charge on any atom is 0.123 e. The van der Waals surface area contributed by atoms with Crippen LogP contribution < -0.4 is 10.7 Å². The SMILES string of the molecule is Cc1c(C(N)=S)c(-c2ccc(F)cc2)nn1N(C)C. The Balaban J connectivity index is 2.65. The van der Waals surface area contributed by atoms with Crippen LogP contribution in [0, 0.1) is 12.7 Å². The Kier molecular flexibility index (Phi) is 3.53. The van der Waals surface area contributed by atoms with E-state index >= 15 is 0 Å². The van der Waals surface area contributed by atoms with Crippen LogP contribution in [0.25, 0.3) is 11.3 Å². The molecule has 0 aliphatic heterocycles. The lowest BCUT2D eigenvalue weighted by atomic mass is 10.1. The van der Waals surface area contributed by atoms with Gasteiger partial charge in [0.25, 0.3) is 0 Å². The standard InChI is InChI=1S/C13H15FN4S/c1-8-11(13(15)19)12(16-18(8)17(2)3)9-4-6-10(14)7-5-9/h4-7H,1-3H3,(H2,15,19). The van der Waals surface area contributed by atoms with E-state index in [1.165, 1.54) is 12.1 Å². The first-order valence-corrected chi connectivity index (χ1v) is 6.15. The van der Waals surface area contributed by atoms with Crippen LogP contribution in [0.5, 0.6) is 0 Å². The number of nitrogens with zero attached hydrogens (tertiary/aromatic N) is 3. The van der Waals surface area contributed by atoms with Crippen molar-refractivity contribution in [3.63, 3.8) is 0 Å². The normalized spacial score (nSPS) is 10.5. The van der Waals surface area contributed by atoms with E-state index in [9.17, 15) is 4.39 Å². The summed E-state index contributed by atoms with van der Waals surface area (Å²) < 4.78 is 13.0. The van der Waals surface area contributed by atoms with E-state index in [2.05, 4.69) is 5.10 Å². The molecule has 0 spiro atoms. The number of thiocarbonyl (C=S) groups is 1. The molecule has 0 fully saturated rings. The summed E-state index contributed by atoms with van der Waals surface area (Å²) >= 11 is 5.09. The third-order valence-corrected chi connectivity index (χ3v) is 3.04. The minimum atomic E-state index is -0.288. The monoisotopic (exact) mass is 278 g/mol. The van der Waals surface area contributed by atoms with Crippen LogP contribution in [0.15, 0.2) is 24.3 Å². The van der Waals surface area contributed by atoms with Crippen molar-refractivity contribution in [2.24, 2.45) is 5.73 Å². The third-order valence-electron chi connectivity index (χ3n) is 2.84. The van der Waals surface area contributed by atoms with Gasteiger partial charge in [-0.05, 0) is 31.2 Å². The van der Waals surface area contributed by atoms with Crippen LogP contribution in [0.1, 0.15) is 11.3 Å². The smallest absolute Gasteiger partial charge is 0.123 e. The van der Waals surface area contributed by atoms with Gasteiger partial charge in [-0.2, -0.15) is 9.89 Å². The summed E-state index contributed by atoms with van der Waals surface area (Å²) in [4.78, 5) is 2.00. The molecule has 0 atom stereocenters. The van der Waals surface area contributed by atoms with Crippen LogP contribution >= 0.6 is 12.2 Å². The zero-order valence-electron chi connectivity index (χ0n) is 11.0. The molecular weight excluding hydrogens is 263 g/mol. The van der Waals surface area contributed by atoms with Crippen molar-refractivity contribution in [3.8, 4) is 11.3 Å². The molecule has 1 aromatic carbocycles. The molecule has 2 N–H and O–H groups in total. The van der Waals surface area contributed by atoms with Crippen molar-refractivity contribution in [2.45, 2.75) is 6.92 Å². The summed E-state index contributed by atoms with van der Waals surface area (Å²) in [7, 11) is 3.75. The number of benzene rings is 1. The molecule has 1 heterocycles. The molecule has 0 aliphatic rings. The number of aromatic nitrogens is 2. The number of halogens is 1. The van der Waals surface area contributed by atoms with Gasteiger partial charge in [-0.3, -0.25) is 0 Å². The van der Waals surface area contributed by atoms with Gasteiger partial charge in [-0.15, -0.1) is 0 Å². The van der Waals surface area contributed by atoms with Crippen LogP contribution in [-0.2, 0) is 0 Å². The third kappa shape index (κ3) is 2.44. The molecule has 0 saturated carbocycles. The van der Waals surface area contributed by atoms with Crippen molar-refractivity contribution in [3.05, 3.63) is 41.3 Å². The fourth-order valence-corrected chi connectivity index (χ4v) is 2.23. The lowest BCUT2D eigenvalue weighted by Crippen LogP contribution is -2.27. The maximum atomic E-state index is 13.0. The second kappa shape index (κ2) is 4.97. The fourth-order valence-electron chi connectivity index (χ4n) is 1.99. The molecule has 6 heteroatoms. The molecule has 0 unspecified atom stereocenters. The number of nitrogens with two attached hydrogens (primary N) is 1. The highest BCUT2D eigenvalue weighted by atomic mass is 32.1. The molecule has 100 valence electrons. The molecule has 0 bridgehead atoms. The summed E-state index contributed by atoms with van der Waals surface area (Å²) in [6.45, 7) is 1.90. The summed E-state index contributed by atoms with van der Waals surface area (Å²) in [5.74, 6) is -0.288. The minimum absolute atomic E-state index is 0.282. The molecule has 19 heavy (non-hydrogen) atoms. The Bertz CT molecular complexity index is 616. The molecule has 0 amide bonds. The Morgan fingerprint density at radius 2 is 1.89 bits per heavy atom. The first-order chi connectivity index (χ1) is 8.91. The van der Waals surface area contributed by atoms with Gasteiger partial charge in [-0.1, -0.05) is 12.2 Å². The number of rotatable bonds is 3. The quantitative estimate of drug-likeness (QED) is 0.870. The lowest BCUT2D eigenvalue weighted by molar-refractivity contribution is 0.621.